The van der Waals surface area contributed by atoms with E-state index in [9.17, 15) is 9.18 Å². The first-order chi connectivity index (χ1) is 9.15. The predicted octanol–water partition coefficient (Wildman–Crippen LogP) is 4.95. The van der Waals surface area contributed by atoms with Gasteiger partial charge in [0.15, 0.2) is 5.78 Å². The molecule has 0 amide bonds. The van der Waals surface area contributed by atoms with Crippen molar-refractivity contribution in [3.63, 3.8) is 0 Å². The Labute approximate surface area is 124 Å². The van der Waals surface area contributed by atoms with Crippen LogP contribution in [0.25, 0.3) is 0 Å². The Bertz CT molecular complexity index is 551. The number of ketones is 1. The summed E-state index contributed by atoms with van der Waals surface area (Å²) >= 11 is 4.90. The number of halogens is 2. The van der Waals surface area contributed by atoms with Crippen molar-refractivity contribution >= 4 is 33.5 Å². The van der Waals surface area contributed by atoms with Crippen molar-refractivity contribution in [2.24, 2.45) is 0 Å². The lowest BCUT2D eigenvalue weighted by Gasteiger charge is -2.02. The van der Waals surface area contributed by atoms with E-state index in [4.69, 9.17) is 0 Å². The summed E-state index contributed by atoms with van der Waals surface area (Å²) in [6, 6.07) is 13.7. The molecule has 0 aliphatic heterocycles. The fourth-order valence-corrected chi connectivity index (χ4v) is 2.69. The quantitative estimate of drug-likeness (QED) is 0.566. The van der Waals surface area contributed by atoms with Crippen molar-refractivity contribution in [2.75, 3.05) is 5.75 Å². The molecule has 2 rings (SSSR count). The Balaban J connectivity index is 1.84. The number of thioether (sulfide) groups is 1. The molecule has 0 aliphatic rings. The number of hydrogen-bond acceptors (Lipinski definition) is 2. The highest BCUT2D eigenvalue weighted by Crippen LogP contribution is 2.20. The highest BCUT2D eigenvalue weighted by Gasteiger charge is 2.05. The van der Waals surface area contributed by atoms with E-state index in [0.717, 1.165) is 14.9 Å². The maximum atomic E-state index is 12.7. The van der Waals surface area contributed by atoms with Crippen LogP contribution in [0.2, 0.25) is 0 Å². The second kappa shape index (κ2) is 6.87. The molecule has 0 unspecified atom stereocenters. The maximum Gasteiger partial charge on any atom is 0.163 e. The van der Waals surface area contributed by atoms with Gasteiger partial charge in [-0.05, 0) is 36.4 Å². The zero-order valence-electron chi connectivity index (χ0n) is 10.1. The first-order valence-electron chi connectivity index (χ1n) is 5.82. The standard InChI is InChI=1S/C15H12BrFOS/c16-12-3-1-11(2-4-12)15(18)9-10-19-14-7-5-13(17)6-8-14/h1-8H,9-10H2. The molecule has 2 aromatic rings. The van der Waals surface area contributed by atoms with Gasteiger partial charge in [0.25, 0.3) is 0 Å². The third-order valence-corrected chi connectivity index (χ3v) is 4.12. The van der Waals surface area contributed by atoms with Crippen molar-refractivity contribution in [1.82, 2.24) is 0 Å². The summed E-state index contributed by atoms with van der Waals surface area (Å²) in [6.45, 7) is 0. The normalized spacial score (nSPS) is 10.4. The Morgan fingerprint density at radius 2 is 1.68 bits per heavy atom. The van der Waals surface area contributed by atoms with Crippen LogP contribution in [0.5, 0.6) is 0 Å². The molecule has 0 N–H and O–H groups in total. The van der Waals surface area contributed by atoms with Gasteiger partial charge in [0.1, 0.15) is 5.82 Å². The lowest BCUT2D eigenvalue weighted by Crippen LogP contribution is -2.00. The van der Waals surface area contributed by atoms with Crippen molar-refractivity contribution < 1.29 is 9.18 Å². The smallest absolute Gasteiger partial charge is 0.163 e. The fourth-order valence-electron chi connectivity index (χ4n) is 1.57. The van der Waals surface area contributed by atoms with Crippen LogP contribution >= 0.6 is 27.7 Å². The lowest BCUT2D eigenvalue weighted by molar-refractivity contribution is 0.0989. The van der Waals surface area contributed by atoms with E-state index in [1.807, 2.05) is 24.3 Å². The van der Waals surface area contributed by atoms with E-state index in [1.165, 1.54) is 12.1 Å². The minimum absolute atomic E-state index is 0.127. The van der Waals surface area contributed by atoms with Gasteiger partial charge in [-0.25, -0.2) is 4.39 Å². The van der Waals surface area contributed by atoms with Crippen LogP contribution in [0.3, 0.4) is 0 Å². The minimum atomic E-state index is -0.240. The van der Waals surface area contributed by atoms with Crippen LogP contribution in [0, 0.1) is 5.82 Å². The van der Waals surface area contributed by atoms with E-state index in [1.54, 1.807) is 23.9 Å². The highest BCUT2D eigenvalue weighted by atomic mass is 79.9. The minimum Gasteiger partial charge on any atom is -0.294 e. The summed E-state index contributed by atoms with van der Waals surface area (Å²) in [5.41, 5.74) is 0.725. The Hall–Kier alpha value is -1.13. The van der Waals surface area contributed by atoms with Gasteiger partial charge in [0.2, 0.25) is 0 Å². The predicted molar refractivity (Wildman–Crippen MR) is 80.2 cm³/mol. The molecule has 1 nitrogen and oxygen atoms in total. The molecule has 4 heteroatoms. The molecule has 0 aliphatic carbocycles. The molecule has 0 spiro atoms. The van der Waals surface area contributed by atoms with Gasteiger partial charge in [-0.1, -0.05) is 28.1 Å². The monoisotopic (exact) mass is 338 g/mol. The topological polar surface area (TPSA) is 17.1 Å². The summed E-state index contributed by atoms with van der Waals surface area (Å²) in [7, 11) is 0. The first-order valence-corrected chi connectivity index (χ1v) is 7.60. The fraction of sp³-hybridized carbons (Fsp3) is 0.133. The van der Waals surface area contributed by atoms with Gasteiger partial charge in [-0.15, -0.1) is 11.8 Å². The average Bonchev–Trinajstić information content (AvgIpc) is 2.41. The molecule has 0 aromatic heterocycles. The van der Waals surface area contributed by atoms with E-state index in [0.29, 0.717) is 12.2 Å². The van der Waals surface area contributed by atoms with Crippen molar-refractivity contribution in [2.45, 2.75) is 11.3 Å². The number of Topliss-reactive ketones (excluding diaryl/α,β-unsaturated/α-hetero) is 1. The van der Waals surface area contributed by atoms with Crippen LogP contribution in [-0.2, 0) is 0 Å². The molecular formula is C15H12BrFOS. The second-order valence-corrected chi connectivity index (χ2v) is 6.07. The van der Waals surface area contributed by atoms with Gasteiger partial charge < -0.3 is 0 Å². The van der Waals surface area contributed by atoms with E-state index < -0.39 is 0 Å². The number of benzene rings is 2. The molecule has 2 aromatic carbocycles. The molecule has 0 saturated heterocycles. The van der Waals surface area contributed by atoms with Gasteiger partial charge >= 0.3 is 0 Å². The summed E-state index contributed by atoms with van der Waals surface area (Å²) in [6.07, 6.45) is 0.476. The molecule has 0 atom stereocenters. The van der Waals surface area contributed by atoms with Crippen LogP contribution in [0.15, 0.2) is 57.9 Å². The third kappa shape index (κ3) is 4.48. The number of rotatable bonds is 5. The van der Waals surface area contributed by atoms with Crippen molar-refractivity contribution in [1.29, 1.82) is 0 Å². The van der Waals surface area contributed by atoms with Gasteiger partial charge in [0.05, 0.1) is 0 Å². The Morgan fingerprint density at radius 1 is 1.05 bits per heavy atom. The highest BCUT2D eigenvalue weighted by molar-refractivity contribution is 9.10. The van der Waals surface area contributed by atoms with Crippen molar-refractivity contribution in [3.05, 3.63) is 64.4 Å². The van der Waals surface area contributed by atoms with Crippen LogP contribution in [0.1, 0.15) is 16.8 Å². The summed E-state index contributed by atoms with van der Waals surface area (Å²) in [4.78, 5) is 12.9. The largest absolute Gasteiger partial charge is 0.294 e. The second-order valence-electron chi connectivity index (χ2n) is 3.98. The number of carbonyl (C=O) groups is 1. The molecule has 0 bridgehead atoms. The zero-order chi connectivity index (χ0) is 13.7. The van der Waals surface area contributed by atoms with Crippen molar-refractivity contribution in [3.8, 4) is 0 Å². The summed E-state index contributed by atoms with van der Waals surface area (Å²) in [5, 5.41) is 0. The molecule has 0 fully saturated rings. The zero-order valence-corrected chi connectivity index (χ0v) is 12.5. The summed E-state index contributed by atoms with van der Waals surface area (Å²) < 4.78 is 13.7. The van der Waals surface area contributed by atoms with E-state index >= 15 is 0 Å². The summed E-state index contributed by atoms with van der Waals surface area (Å²) in [5.74, 6) is 0.581. The number of hydrogen-bond donors (Lipinski definition) is 0. The van der Waals surface area contributed by atoms with E-state index in [2.05, 4.69) is 15.9 Å². The molecule has 0 saturated carbocycles. The molecule has 0 heterocycles. The Kier molecular flexibility index (Phi) is 5.16. The van der Waals surface area contributed by atoms with Crippen LogP contribution in [0.4, 0.5) is 4.39 Å². The Morgan fingerprint density at radius 3 is 2.32 bits per heavy atom. The van der Waals surface area contributed by atoms with Gasteiger partial charge in [0, 0.05) is 27.1 Å². The molecule has 98 valence electrons. The van der Waals surface area contributed by atoms with Gasteiger partial charge in [-0.2, -0.15) is 0 Å². The number of carbonyl (C=O) groups excluding carboxylic acids is 1. The SMILES string of the molecule is O=C(CCSc1ccc(F)cc1)c1ccc(Br)cc1. The average molecular weight is 339 g/mol. The van der Waals surface area contributed by atoms with Crippen LogP contribution < -0.4 is 0 Å². The molecule has 19 heavy (non-hydrogen) atoms. The maximum absolute atomic E-state index is 12.7. The van der Waals surface area contributed by atoms with Crippen LogP contribution in [-0.4, -0.2) is 11.5 Å². The lowest BCUT2D eigenvalue weighted by atomic mass is 10.1. The first kappa shape index (κ1) is 14.3. The third-order valence-electron chi connectivity index (χ3n) is 2.58. The molecular weight excluding hydrogens is 327 g/mol. The van der Waals surface area contributed by atoms with E-state index in [-0.39, 0.29) is 11.6 Å². The molecule has 0 radical (unpaired) electrons. The van der Waals surface area contributed by atoms with Gasteiger partial charge in [-0.3, -0.25) is 4.79 Å².